The smallest absolute Gasteiger partial charge is 0.343 e. The fourth-order valence-electron chi connectivity index (χ4n) is 2.41. The number of hydrogen-bond donors (Lipinski definition) is 0. The molecule has 0 bridgehead atoms. The van der Waals surface area contributed by atoms with Crippen molar-refractivity contribution in [3.63, 3.8) is 0 Å². The fraction of sp³-hybridized carbons (Fsp3) is 0.136. The first-order chi connectivity index (χ1) is 13.6. The van der Waals surface area contributed by atoms with Crippen LogP contribution in [0.5, 0.6) is 11.5 Å². The minimum atomic E-state index is -0.667. The van der Waals surface area contributed by atoms with Crippen molar-refractivity contribution in [2.24, 2.45) is 0 Å². The van der Waals surface area contributed by atoms with Gasteiger partial charge in [-0.2, -0.15) is 0 Å². The Bertz CT molecular complexity index is 970. The van der Waals surface area contributed by atoms with Crippen LogP contribution in [0, 0.1) is 5.82 Å². The van der Waals surface area contributed by atoms with E-state index in [2.05, 4.69) is 16.5 Å². The van der Waals surface area contributed by atoms with Crippen LogP contribution in [0.25, 0.3) is 11.4 Å². The zero-order valence-corrected chi connectivity index (χ0v) is 15.4. The van der Waals surface area contributed by atoms with Gasteiger partial charge in [-0.15, -0.1) is 0 Å². The highest BCUT2D eigenvalue weighted by molar-refractivity contribution is 5.91. The molecule has 0 radical (unpaired) electrons. The topological polar surface area (TPSA) is 61.3 Å². The van der Waals surface area contributed by atoms with Gasteiger partial charge in [0, 0.05) is 18.0 Å². The molecule has 0 aliphatic carbocycles. The zero-order chi connectivity index (χ0) is 19.9. The van der Waals surface area contributed by atoms with E-state index in [1.165, 1.54) is 12.1 Å². The summed E-state index contributed by atoms with van der Waals surface area (Å²) < 4.78 is 24.9. The van der Waals surface area contributed by atoms with Crippen LogP contribution in [0.2, 0.25) is 0 Å². The van der Waals surface area contributed by atoms with Gasteiger partial charge in [-0.3, -0.25) is 0 Å². The molecule has 1 aromatic heterocycles. The van der Waals surface area contributed by atoms with Crippen LogP contribution < -0.4 is 9.47 Å². The van der Waals surface area contributed by atoms with Gasteiger partial charge in [-0.25, -0.2) is 19.2 Å². The van der Waals surface area contributed by atoms with Crippen LogP contribution >= 0.6 is 0 Å². The predicted octanol–water partition coefficient (Wildman–Crippen LogP) is 4.63. The summed E-state index contributed by atoms with van der Waals surface area (Å²) in [6, 6.07) is 10.6. The van der Waals surface area contributed by atoms with Crippen molar-refractivity contribution in [2.75, 3.05) is 6.61 Å². The van der Waals surface area contributed by atoms with Gasteiger partial charge in [0.25, 0.3) is 0 Å². The molecule has 28 heavy (non-hydrogen) atoms. The van der Waals surface area contributed by atoms with E-state index in [9.17, 15) is 9.18 Å². The number of aromatic nitrogens is 2. The van der Waals surface area contributed by atoms with Gasteiger partial charge >= 0.3 is 5.97 Å². The van der Waals surface area contributed by atoms with Crippen molar-refractivity contribution in [3.05, 3.63) is 84.5 Å². The molecule has 0 aliphatic heterocycles. The summed E-state index contributed by atoms with van der Waals surface area (Å²) in [7, 11) is 0. The Hall–Kier alpha value is -3.54. The third-order valence-electron chi connectivity index (χ3n) is 3.96. The Morgan fingerprint density at radius 2 is 1.86 bits per heavy atom. The van der Waals surface area contributed by atoms with Crippen molar-refractivity contribution in [1.82, 2.24) is 9.97 Å². The molecule has 0 N–H and O–H groups in total. The Morgan fingerprint density at radius 1 is 1.14 bits per heavy atom. The normalized spacial score (nSPS) is 10.4. The van der Waals surface area contributed by atoms with E-state index < -0.39 is 11.8 Å². The van der Waals surface area contributed by atoms with Crippen LogP contribution in [0.1, 0.15) is 22.8 Å². The van der Waals surface area contributed by atoms with Crippen LogP contribution in [-0.4, -0.2) is 22.5 Å². The Balaban J connectivity index is 1.71. The highest BCUT2D eigenvalue weighted by Crippen LogP contribution is 2.24. The van der Waals surface area contributed by atoms with Gasteiger partial charge in [0.15, 0.2) is 17.4 Å². The quantitative estimate of drug-likeness (QED) is 0.341. The van der Waals surface area contributed by atoms with E-state index in [0.717, 1.165) is 12.0 Å². The lowest BCUT2D eigenvalue weighted by atomic mass is 10.2. The van der Waals surface area contributed by atoms with Gasteiger partial charge in [0.1, 0.15) is 12.4 Å². The fourth-order valence-corrected chi connectivity index (χ4v) is 2.41. The number of rotatable bonds is 7. The molecule has 0 spiro atoms. The molecule has 0 aliphatic rings. The highest BCUT2D eigenvalue weighted by Gasteiger charge is 2.14. The second-order valence-electron chi connectivity index (χ2n) is 5.93. The van der Waals surface area contributed by atoms with Gasteiger partial charge in [-0.05, 0) is 54.4 Å². The van der Waals surface area contributed by atoms with E-state index in [4.69, 9.17) is 9.47 Å². The lowest BCUT2D eigenvalue weighted by molar-refractivity contribution is 0.0728. The lowest BCUT2D eigenvalue weighted by Gasteiger charge is -2.08. The van der Waals surface area contributed by atoms with Gasteiger partial charge in [0.2, 0.25) is 0 Å². The van der Waals surface area contributed by atoms with Crippen molar-refractivity contribution < 1.29 is 18.7 Å². The first-order valence-electron chi connectivity index (χ1n) is 8.77. The molecule has 0 saturated heterocycles. The third-order valence-corrected chi connectivity index (χ3v) is 3.96. The molecule has 6 heteroatoms. The molecule has 0 fully saturated rings. The molecule has 0 amide bonds. The molecule has 0 saturated carbocycles. The average Bonchev–Trinajstić information content (AvgIpc) is 2.74. The van der Waals surface area contributed by atoms with Gasteiger partial charge < -0.3 is 9.47 Å². The van der Waals surface area contributed by atoms with Crippen molar-refractivity contribution in [2.45, 2.75) is 13.3 Å². The maximum Gasteiger partial charge on any atom is 0.343 e. The molecule has 1 heterocycles. The number of carbonyl (C=O) groups excluding carboxylic acids is 1. The molecule has 2 aromatic carbocycles. The summed E-state index contributed by atoms with van der Waals surface area (Å²) in [6.45, 7) is 5.94. The molecule has 5 nitrogen and oxygen atoms in total. The standard InChI is InChI=1S/C22H19FN2O3/c1-3-11-27-18-8-5-16(6-9-18)22(26)28-20-10-7-17(12-19(20)23)21-24-13-15(4-2)14-25-21/h3,5-10,12-14H,1,4,11H2,2H3. The Labute approximate surface area is 162 Å². The van der Waals surface area contributed by atoms with Crippen LogP contribution in [-0.2, 0) is 6.42 Å². The molecular formula is C22H19FN2O3. The van der Waals surface area contributed by atoms with Crippen molar-refractivity contribution in [1.29, 1.82) is 0 Å². The number of halogens is 1. The van der Waals surface area contributed by atoms with E-state index in [1.807, 2.05) is 6.92 Å². The lowest BCUT2D eigenvalue weighted by Crippen LogP contribution is -2.09. The van der Waals surface area contributed by atoms with Crippen LogP contribution in [0.4, 0.5) is 4.39 Å². The summed E-state index contributed by atoms with van der Waals surface area (Å²) in [6.07, 6.45) is 5.86. The second-order valence-corrected chi connectivity index (χ2v) is 5.93. The Kier molecular flexibility index (Phi) is 6.11. The first-order valence-corrected chi connectivity index (χ1v) is 8.77. The largest absolute Gasteiger partial charge is 0.490 e. The number of carbonyl (C=O) groups is 1. The summed E-state index contributed by atoms with van der Waals surface area (Å²) in [5, 5.41) is 0. The van der Waals surface area contributed by atoms with E-state index in [1.54, 1.807) is 48.8 Å². The van der Waals surface area contributed by atoms with Gasteiger partial charge in [-0.1, -0.05) is 19.6 Å². The number of nitrogens with zero attached hydrogens (tertiary/aromatic N) is 2. The molecule has 142 valence electrons. The predicted molar refractivity (Wildman–Crippen MR) is 104 cm³/mol. The van der Waals surface area contributed by atoms with Gasteiger partial charge in [0.05, 0.1) is 5.56 Å². The first kappa shape index (κ1) is 19.2. The number of hydrogen-bond acceptors (Lipinski definition) is 5. The van der Waals surface area contributed by atoms with E-state index >= 15 is 0 Å². The molecule has 0 unspecified atom stereocenters. The average molecular weight is 378 g/mol. The second kappa shape index (κ2) is 8.90. The van der Waals surface area contributed by atoms with Crippen LogP contribution in [0.3, 0.4) is 0 Å². The maximum absolute atomic E-state index is 14.4. The van der Waals surface area contributed by atoms with Crippen molar-refractivity contribution >= 4 is 5.97 Å². The minimum Gasteiger partial charge on any atom is -0.490 e. The maximum atomic E-state index is 14.4. The highest BCUT2D eigenvalue weighted by atomic mass is 19.1. The van der Waals surface area contributed by atoms with Crippen LogP contribution in [0.15, 0.2) is 67.5 Å². The monoisotopic (exact) mass is 378 g/mol. The van der Waals surface area contributed by atoms with Crippen molar-refractivity contribution in [3.8, 4) is 22.9 Å². The molecule has 0 atom stereocenters. The molecular weight excluding hydrogens is 359 g/mol. The van der Waals surface area contributed by atoms with E-state index in [-0.39, 0.29) is 11.3 Å². The summed E-state index contributed by atoms with van der Waals surface area (Å²) >= 11 is 0. The number of aryl methyl sites for hydroxylation is 1. The number of ether oxygens (including phenoxy) is 2. The molecule has 3 rings (SSSR count). The Morgan fingerprint density at radius 3 is 2.46 bits per heavy atom. The molecule has 3 aromatic rings. The summed E-state index contributed by atoms with van der Waals surface area (Å²) in [5.74, 6) is -0.485. The zero-order valence-electron chi connectivity index (χ0n) is 15.4. The summed E-state index contributed by atoms with van der Waals surface area (Å²) in [4.78, 5) is 20.7. The number of esters is 1. The summed E-state index contributed by atoms with van der Waals surface area (Å²) in [5.41, 5.74) is 1.78. The third kappa shape index (κ3) is 4.59. The minimum absolute atomic E-state index is 0.161. The van der Waals surface area contributed by atoms with E-state index in [0.29, 0.717) is 23.7 Å². The number of benzene rings is 2. The SMILES string of the molecule is C=CCOc1ccc(C(=O)Oc2ccc(-c3ncc(CC)cn3)cc2F)cc1.